The number of ether oxygens (including phenoxy) is 2. The van der Waals surface area contributed by atoms with Gasteiger partial charge in [0.15, 0.2) is 17.3 Å². The maximum atomic E-state index is 11.3. The first-order valence-electron chi connectivity index (χ1n) is 5.19. The van der Waals surface area contributed by atoms with Crippen molar-refractivity contribution in [3.8, 4) is 23.0 Å². The van der Waals surface area contributed by atoms with Crippen LogP contribution in [0.15, 0.2) is 6.07 Å². The van der Waals surface area contributed by atoms with Crippen molar-refractivity contribution >= 4 is 5.78 Å². The predicted octanol–water partition coefficient (Wildman–Crippen LogP) is 2.10. The lowest BCUT2D eigenvalue weighted by Crippen LogP contribution is -2.07. The quantitative estimate of drug-likeness (QED) is 0.622. The highest BCUT2D eigenvalue weighted by Gasteiger charge is 2.22. The molecule has 0 radical (unpaired) electrons. The number of hydrogen-bond acceptors (Lipinski definition) is 5. The molecule has 0 aliphatic carbocycles. The Morgan fingerprint density at radius 1 is 1.35 bits per heavy atom. The van der Waals surface area contributed by atoms with Crippen LogP contribution in [-0.2, 0) is 0 Å². The van der Waals surface area contributed by atoms with Gasteiger partial charge in [0.25, 0.3) is 0 Å². The van der Waals surface area contributed by atoms with E-state index in [0.717, 1.165) is 0 Å². The van der Waals surface area contributed by atoms with E-state index in [2.05, 4.69) is 0 Å². The first-order valence-corrected chi connectivity index (χ1v) is 5.19. The van der Waals surface area contributed by atoms with Crippen LogP contribution in [0.3, 0.4) is 0 Å². The molecule has 1 aromatic rings. The van der Waals surface area contributed by atoms with Crippen LogP contribution in [0, 0.1) is 0 Å². The Balaban J connectivity index is 3.41. The van der Waals surface area contributed by atoms with E-state index in [0.29, 0.717) is 0 Å². The number of ketones is 1. The monoisotopic (exact) mass is 240 g/mol. The molecular weight excluding hydrogens is 224 g/mol. The number of carbonyl (C=O) groups excluding carboxylic acids is 1. The van der Waals surface area contributed by atoms with Gasteiger partial charge < -0.3 is 19.7 Å². The van der Waals surface area contributed by atoms with E-state index in [1.165, 1.54) is 20.1 Å². The molecule has 1 rings (SSSR count). The molecule has 0 unspecified atom stereocenters. The summed E-state index contributed by atoms with van der Waals surface area (Å²) in [7, 11) is 1.31. The van der Waals surface area contributed by atoms with Crippen LogP contribution in [0.4, 0.5) is 0 Å². The second-order valence-corrected chi connectivity index (χ2v) is 3.87. The van der Waals surface area contributed by atoms with Crippen molar-refractivity contribution in [2.75, 3.05) is 7.11 Å². The summed E-state index contributed by atoms with van der Waals surface area (Å²) in [4.78, 5) is 11.3. The Hall–Kier alpha value is -1.91. The van der Waals surface area contributed by atoms with Gasteiger partial charge in [0.05, 0.1) is 13.2 Å². The molecule has 0 atom stereocenters. The molecule has 0 spiro atoms. The number of phenols is 2. The number of carbonyl (C=O) groups is 1. The summed E-state index contributed by atoms with van der Waals surface area (Å²) in [6, 6.07) is 1.20. The summed E-state index contributed by atoms with van der Waals surface area (Å²) < 4.78 is 10.2. The van der Waals surface area contributed by atoms with Crippen LogP contribution < -0.4 is 9.47 Å². The summed E-state index contributed by atoms with van der Waals surface area (Å²) in [5.41, 5.74) is -0.0545. The van der Waals surface area contributed by atoms with Gasteiger partial charge in [-0.1, -0.05) is 0 Å². The number of Topliss-reactive ketones (excluding diaryl/α,β-unsaturated/α-hetero) is 1. The van der Waals surface area contributed by atoms with Crippen molar-refractivity contribution in [2.24, 2.45) is 0 Å². The molecule has 0 heterocycles. The average molecular weight is 240 g/mol. The van der Waals surface area contributed by atoms with E-state index in [1.54, 1.807) is 13.8 Å². The fraction of sp³-hybridized carbons (Fsp3) is 0.417. The lowest BCUT2D eigenvalue weighted by atomic mass is 10.1. The summed E-state index contributed by atoms with van der Waals surface area (Å²) in [6.45, 7) is 4.84. The minimum atomic E-state index is -0.397. The molecule has 0 aromatic heterocycles. The van der Waals surface area contributed by atoms with E-state index < -0.39 is 5.78 Å². The average Bonchev–Trinajstić information content (AvgIpc) is 2.20. The van der Waals surface area contributed by atoms with Crippen molar-refractivity contribution < 1.29 is 24.5 Å². The lowest BCUT2D eigenvalue weighted by molar-refractivity contribution is 0.101. The molecular formula is C12H16O5. The van der Waals surface area contributed by atoms with Gasteiger partial charge in [-0.15, -0.1) is 0 Å². The first kappa shape index (κ1) is 13.2. The highest BCUT2D eigenvalue weighted by atomic mass is 16.5. The van der Waals surface area contributed by atoms with Gasteiger partial charge in [-0.25, -0.2) is 0 Å². The summed E-state index contributed by atoms with van der Waals surface area (Å²) in [6.07, 6.45) is -0.173. The van der Waals surface area contributed by atoms with Gasteiger partial charge in [0, 0.05) is 6.07 Å². The van der Waals surface area contributed by atoms with Gasteiger partial charge >= 0.3 is 0 Å². The second-order valence-electron chi connectivity index (χ2n) is 3.87. The Morgan fingerprint density at radius 3 is 2.35 bits per heavy atom. The first-order chi connectivity index (χ1) is 7.88. The topological polar surface area (TPSA) is 76.0 Å². The minimum absolute atomic E-state index is 0.0545. The van der Waals surface area contributed by atoms with E-state index >= 15 is 0 Å². The van der Waals surface area contributed by atoms with E-state index in [-0.39, 0.29) is 34.7 Å². The van der Waals surface area contributed by atoms with E-state index in [1.807, 2.05) is 0 Å². The third-order valence-electron chi connectivity index (χ3n) is 2.12. The molecule has 0 amide bonds. The molecule has 5 nitrogen and oxygen atoms in total. The number of methoxy groups -OCH3 is 1. The third kappa shape index (κ3) is 2.61. The molecule has 17 heavy (non-hydrogen) atoms. The van der Waals surface area contributed by atoms with E-state index in [9.17, 15) is 15.0 Å². The fourth-order valence-corrected chi connectivity index (χ4v) is 1.49. The highest BCUT2D eigenvalue weighted by Crippen LogP contribution is 2.44. The Morgan fingerprint density at radius 2 is 1.94 bits per heavy atom. The molecule has 2 N–H and O–H groups in total. The van der Waals surface area contributed by atoms with Crippen LogP contribution >= 0.6 is 0 Å². The van der Waals surface area contributed by atoms with Crippen LogP contribution in [-0.4, -0.2) is 29.2 Å². The maximum absolute atomic E-state index is 11.3. The van der Waals surface area contributed by atoms with Crippen LogP contribution in [0.1, 0.15) is 31.1 Å². The normalized spacial score (nSPS) is 10.4. The standard InChI is InChI=1S/C12H16O5/c1-6(2)17-9-5-8(14)10(7(3)13)12(16-4)11(9)15/h5-6,14-15H,1-4H3. The van der Waals surface area contributed by atoms with Crippen molar-refractivity contribution in [1.29, 1.82) is 0 Å². The van der Waals surface area contributed by atoms with Gasteiger partial charge in [-0.3, -0.25) is 4.79 Å². The predicted molar refractivity (Wildman–Crippen MR) is 62.1 cm³/mol. The Kier molecular flexibility index (Phi) is 3.83. The van der Waals surface area contributed by atoms with Crippen LogP contribution in [0.5, 0.6) is 23.0 Å². The van der Waals surface area contributed by atoms with Crippen LogP contribution in [0.2, 0.25) is 0 Å². The van der Waals surface area contributed by atoms with Crippen molar-refractivity contribution in [1.82, 2.24) is 0 Å². The third-order valence-corrected chi connectivity index (χ3v) is 2.12. The number of hydrogen-bond donors (Lipinski definition) is 2. The molecule has 1 aromatic carbocycles. The molecule has 0 bridgehead atoms. The lowest BCUT2D eigenvalue weighted by Gasteiger charge is -2.16. The van der Waals surface area contributed by atoms with E-state index in [4.69, 9.17) is 9.47 Å². The van der Waals surface area contributed by atoms with Gasteiger partial charge in [-0.2, -0.15) is 0 Å². The molecule has 0 aliphatic heterocycles. The molecule has 0 aliphatic rings. The van der Waals surface area contributed by atoms with Crippen molar-refractivity contribution in [2.45, 2.75) is 26.9 Å². The molecule has 94 valence electrons. The summed E-state index contributed by atoms with van der Waals surface area (Å²) in [5, 5.41) is 19.6. The number of benzene rings is 1. The van der Waals surface area contributed by atoms with Crippen molar-refractivity contribution in [3.63, 3.8) is 0 Å². The summed E-state index contributed by atoms with van der Waals surface area (Å²) >= 11 is 0. The van der Waals surface area contributed by atoms with Crippen molar-refractivity contribution in [3.05, 3.63) is 11.6 Å². The maximum Gasteiger partial charge on any atom is 0.201 e. The van der Waals surface area contributed by atoms with Gasteiger partial charge in [0.2, 0.25) is 5.75 Å². The Labute approximate surface area is 99.6 Å². The zero-order valence-electron chi connectivity index (χ0n) is 10.3. The summed E-state index contributed by atoms with van der Waals surface area (Å²) in [5.74, 6) is -0.953. The fourth-order valence-electron chi connectivity index (χ4n) is 1.49. The van der Waals surface area contributed by atoms with Crippen LogP contribution in [0.25, 0.3) is 0 Å². The zero-order chi connectivity index (χ0) is 13.2. The molecule has 5 heteroatoms. The van der Waals surface area contributed by atoms with Gasteiger partial charge in [0.1, 0.15) is 11.3 Å². The largest absolute Gasteiger partial charge is 0.507 e. The molecule has 0 fully saturated rings. The smallest absolute Gasteiger partial charge is 0.201 e. The number of phenolic OH excluding ortho intramolecular Hbond substituents is 2. The minimum Gasteiger partial charge on any atom is -0.507 e. The Bertz CT molecular complexity index is 437. The highest BCUT2D eigenvalue weighted by molar-refractivity contribution is 6.00. The molecule has 0 saturated carbocycles. The zero-order valence-corrected chi connectivity index (χ0v) is 10.3. The molecule has 0 saturated heterocycles. The second kappa shape index (κ2) is 4.95. The SMILES string of the molecule is COc1c(O)c(OC(C)C)cc(O)c1C(C)=O. The number of aromatic hydroxyl groups is 2. The van der Waals surface area contributed by atoms with Gasteiger partial charge in [-0.05, 0) is 20.8 Å². The number of rotatable bonds is 4.